The van der Waals surface area contributed by atoms with E-state index >= 15 is 0 Å². The smallest absolute Gasteiger partial charge is 0.269 e. The molecule has 0 bridgehead atoms. The first-order valence-corrected chi connectivity index (χ1v) is 5.65. The first kappa shape index (κ1) is 11.4. The molecule has 2 rings (SSSR count). The molecular formula is C11H9N3O2S. The molecule has 0 amide bonds. The summed E-state index contributed by atoms with van der Waals surface area (Å²) in [5.74, 6) is 0. The monoisotopic (exact) mass is 247 g/mol. The zero-order valence-electron chi connectivity index (χ0n) is 8.74. The van der Waals surface area contributed by atoms with Crippen molar-refractivity contribution in [2.45, 2.75) is 4.90 Å². The van der Waals surface area contributed by atoms with Gasteiger partial charge in [-0.05, 0) is 36.2 Å². The number of nitro groups is 1. The Kier molecular flexibility index (Phi) is 3.56. The van der Waals surface area contributed by atoms with Crippen molar-refractivity contribution in [1.29, 1.82) is 0 Å². The molecule has 0 spiro atoms. The Labute approximate surface area is 102 Å². The van der Waals surface area contributed by atoms with Crippen molar-refractivity contribution in [3.63, 3.8) is 0 Å². The average Bonchev–Trinajstić information content (AvgIpc) is 2.38. The molecule has 1 heterocycles. The van der Waals surface area contributed by atoms with Crippen molar-refractivity contribution in [2.24, 2.45) is 0 Å². The Morgan fingerprint density at radius 2 is 2.00 bits per heavy atom. The highest BCUT2D eigenvalue weighted by molar-refractivity contribution is 8.00. The minimum absolute atomic E-state index is 0.0933. The molecule has 0 aliphatic heterocycles. The molecule has 0 atom stereocenters. The number of hydrogen-bond donors (Lipinski definition) is 1. The van der Waals surface area contributed by atoms with Gasteiger partial charge < -0.3 is 4.72 Å². The highest BCUT2D eigenvalue weighted by Gasteiger charge is 2.03. The van der Waals surface area contributed by atoms with Crippen LogP contribution in [-0.4, -0.2) is 9.91 Å². The lowest BCUT2D eigenvalue weighted by Gasteiger charge is -2.03. The van der Waals surface area contributed by atoms with E-state index in [1.165, 1.54) is 24.1 Å². The Morgan fingerprint density at radius 3 is 2.59 bits per heavy atom. The third-order valence-corrected chi connectivity index (χ3v) is 2.84. The van der Waals surface area contributed by atoms with Crippen molar-refractivity contribution in [3.05, 3.63) is 58.9 Å². The maximum atomic E-state index is 10.5. The van der Waals surface area contributed by atoms with Crippen molar-refractivity contribution >= 4 is 23.3 Å². The molecule has 1 aromatic heterocycles. The van der Waals surface area contributed by atoms with Gasteiger partial charge in [0.1, 0.15) is 0 Å². The SMILES string of the molecule is O=[N+]([O-])c1ccc(SNc2cccnc2)cc1. The molecule has 86 valence electrons. The first-order chi connectivity index (χ1) is 8.25. The lowest BCUT2D eigenvalue weighted by molar-refractivity contribution is -0.384. The summed E-state index contributed by atoms with van der Waals surface area (Å²) in [5.41, 5.74) is 0.978. The molecule has 0 fully saturated rings. The van der Waals surface area contributed by atoms with Gasteiger partial charge in [-0.1, -0.05) is 0 Å². The normalized spacial score (nSPS) is 9.88. The van der Waals surface area contributed by atoms with Gasteiger partial charge in [0.05, 0.1) is 16.8 Å². The second-order valence-corrected chi connectivity index (χ2v) is 4.08. The van der Waals surface area contributed by atoms with Crippen LogP contribution in [0.4, 0.5) is 11.4 Å². The fourth-order valence-corrected chi connectivity index (χ4v) is 1.81. The van der Waals surface area contributed by atoms with Crippen LogP contribution in [0.3, 0.4) is 0 Å². The van der Waals surface area contributed by atoms with Crippen LogP contribution in [0, 0.1) is 10.1 Å². The molecule has 1 N–H and O–H groups in total. The van der Waals surface area contributed by atoms with E-state index in [0.29, 0.717) is 0 Å². The molecule has 2 aromatic rings. The fourth-order valence-electron chi connectivity index (χ4n) is 1.18. The van der Waals surface area contributed by atoms with E-state index in [1.807, 2.05) is 12.1 Å². The second kappa shape index (κ2) is 5.31. The van der Waals surface area contributed by atoms with Gasteiger partial charge in [-0.2, -0.15) is 0 Å². The van der Waals surface area contributed by atoms with Crippen LogP contribution >= 0.6 is 11.9 Å². The number of hydrogen-bond acceptors (Lipinski definition) is 5. The highest BCUT2D eigenvalue weighted by atomic mass is 32.2. The Morgan fingerprint density at radius 1 is 1.24 bits per heavy atom. The van der Waals surface area contributed by atoms with Crippen LogP contribution in [0.1, 0.15) is 0 Å². The van der Waals surface area contributed by atoms with Crippen LogP contribution in [0.25, 0.3) is 0 Å². The van der Waals surface area contributed by atoms with Gasteiger partial charge in [0.2, 0.25) is 0 Å². The van der Waals surface area contributed by atoms with Crippen LogP contribution in [0.2, 0.25) is 0 Å². The molecule has 1 aromatic carbocycles. The molecular weight excluding hydrogens is 238 g/mol. The maximum absolute atomic E-state index is 10.5. The van der Waals surface area contributed by atoms with Crippen molar-refractivity contribution in [3.8, 4) is 0 Å². The van der Waals surface area contributed by atoms with Gasteiger partial charge in [0, 0.05) is 23.2 Å². The molecule has 0 radical (unpaired) electrons. The molecule has 5 nitrogen and oxygen atoms in total. The number of nitrogens with zero attached hydrogens (tertiary/aromatic N) is 2. The summed E-state index contributed by atoms with van der Waals surface area (Å²) in [6.45, 7) is 0. The summed E-state index contributed by atoms with van der Waals surface area (Å²) in [5, 5.41) is 10.5. The average molecular weight is 247 g/mol. The number of aromatic nitrogens is 1. The topological polar surface area (TPSA) is 68.1 Å². The molecule has 17 heavy (non-hydrogen) atoms. The van der Waals surface area contributed by atoms with E-state index in [-0.39, 0.29) is 5.69 Å². The highest BCUT2D eigenvalue weighted by Crippen LogP contribution is 2.22. The van der Waals surface area contributed by atoms with E-state index in [2.05, 4.69) is 9.71 Å². The largest absolute Gasteiger partial charge is 0.324 e. The van der Waals surface area contributed by atoms with Gasteiger partial charge in [-0.15, -0.1) is 0 Å². The summed E-state index contributed by atoms with van der Waals surface area (Å²) >= 11 is 1.38. The van der Waals surface area contributed by atoms with Crippen LogP contribution < -0.4 is 4.72 Å². The van der Waals surface area contributed by atoms with E-state index in [0.717, 1.165) is 10.6 Å². The third kappa shape index (κ3) is 3.18. The number of nitrogens with one attached hydrogen (secondary N) is 1. The minimum atomic E-state index is -0.414. The van der Waals surface area contributed by atoms with Crippen molar-refractivity contribution < 1.29 is 4.92 Å². The lowest BCUT2D eigenvalue weighted by atomic mass is 10.3. The molecule has 0 saturated heterocycles. The predicted octanol–water partition coefficient (Wildman–Crippen LogP) is 3.11. The quantitative estimate of drug-likeness (QED) is 0.510. The summed E-state index contributed by atoms with van der Waals surface area (Å²) in [4.78, 5) is 14.9. The van der Waals surface area contributed by atoms with E-state index in [1.54, 1.807) is 24.5 Å². The van der Waals surface area contributed by atoms with E-state index < -0.39 is 4.92 Å². The summed E-state index contributed by atoms with van der Waals surface area (Å²) in [6, 6.07) is 10.1. The Hall–Kier alpha value is -2.08. The number of non-ortho nitro benzene ring substituents is 1. The zero-order valence-corrected chi connectivity index (χ0v) is 9.55. The third-order valence-electron chi connectivity index (χ3n) is 2.00. The minimum Gasteiger partial charge on any atom is -0.324 e. The predicted molar refractivity (Wildman–Crippen MR) is 66.8 cm³/mol. The second-order valence-electron chi connectivity index (χ2n) is 3.20. The lowest BCUT2D eigenvalue weighted by Crippen LogP contribution is -1.89. The van der Waals surface area contributed by atoms with Gasteiger partial charge in [0.15, 0.2) is 0 Å². The number of rotatable bonds is 4. The van der Waals surface area contributed by atoms with Gasteiger partial charge >= 0.3 is 0 Å². The number of anilines is 1. The standard InChI is InChI=1S/C11H9N3O2S/c15-14(16)10-3-5-11(6-4-10)17-13-9-2-1-7-12-8-9/h1-8,13H. The number of pyridine rings is 1. The number of nitro benzene ring substituents is 1. The van der Waals surface area contributed by atoms with E-state index in [4.69, 9.17) is 0 Å². The van der Waals surface area contributed by atoms with E-state index in [9.17, 15) is 10.1 Å². The first-order valence-electron chi connectivity index (χ1n) is 4.83. The fraction of sp³-hybridized carbons (Fsp3) is 0. The molecule has 0 unspecified atom stereocenters. The van der Waals surface area contributed by atoms with Crippen LogP contribution in [-0.2, 0) is 0 Å². The molecule has 0 aliphatic carbocycles. The van der Waals surface area contributed by atoms with Crippen LogP contribution in [0.5, 0.6) is 0 Å². The maximum Gasteiger partial charge on any atom is 0.269 e. The summed E-state index contributed by atoms with van der Waals surface area (Å²) < 4.78 is 3.09. The molecule has 6 heteroatoms. The molecule has 0 aliphatic rings. The molecule has 0 saturated carbocycles. The Bertz CT molecular complexity index is 502. The zero-order chi connectivity index (χ0) is 12.1. The summed E-state index contributed by atoms with van der Waals surface area (Å²) in [7, 11) is 0. The van der Waals surface area contributed by atoms with Crippen molar-refractivity contribution in [2.75, 3.05) is 4.72 Å². The van der Waals surface area contributed by atoms with Gasteiger partial charge in [-0.3, -0.25) is 15.1 Å². The number of benzene rings is 1. The van der Waals surface area contributed by atoms with Crippen molar-refractivity contribution in [1.82, 2.24) is 4.98 Å². The van der Waals surface area contributed by atoms with Crippen LogP contribution in [0.15, 0.2) is 53.7 Å². The summed E-state index contributed by atoms with van der Waals surface area (Å²) in [6.07, 6.45) is 3.40. The Balaban J connectivity index is 1.98. The van der Waals surface area contributed by atoms with Gasteiger partial charge in [-0.25, -0.2) is 0 Å². The van der Waals surface area contributed by atoms with Gasteiger partial charge in [0.25, 0.3) is 5.69 Å².